The van der Waals surface area contributed by atoms with E-state index in [1.807, 2.05) is 36.4 Å². The van der Waals surface area contributed by atoms with Crippen molar-refractivity contribution < 1.29 is 5.11 Å². The van der Waals surface area contributed by atoms with Crippen LogP contribution in [0.4, 0.5) is 5.69 Å². The zero-order valence-corrected chi connectivity index (χ0v) is 14.2. The number of benzene rings is 2. The minimum absolute atomic E-state index is 0.0569. The summed E-state index contributed by atoms with van der Waals surface area (Å²) in [5, 5.41) is 11.5. The molecule has 124 valence electrons. The summed E-state index contributed by atoms with van der Waals surface area (Å²) in [6.07, 6.45) is 3.82. The number of hydrogen-bond acceptors (Lipinski definition) is 3. The van der Waals surface area contributed by atoms with Crippen molar-refractivity contribution >= 4 is 23.4 Å². The van der Waals surface area contributed by atoms with Crippen LogP contribution in [0.25, 0.3) is 6.08 Å². The number of rotatable bonds is 2. The number of piperazine rings is 1. The molecule has 1 saturated heterocycles. The topological polar surface area (TPSA) is 26.7 Å². The van der Waals surface area contributed by atoms with Crippen LogP contribution in [0.5, 0.6) is 0 Å². The molecule has 0 bridgehead atoms. The first-order valence-electron chi connectivity index (χ1n) is 8.42. The van der Waals surface area contributed by atoms with E-state index in [2.05, 4.69) is 34.1 Å². The van der Waals surface area contributed by atoms with E-state index in [-0.39, 0.29) is 6.04 Å². The van der Waals surface area contributed by atoms with Crippen molar-refractivity contribution in [3.63, 3.8) is 0 Å². The summed E-state index contributed by atoms with van der Waals surface area (Å²) < 4.78 is 0. The highest BCUT2D eigenvalue weighted by atomic mass is 35.5. The van der Waals surface area contributed by atoms with E-state index in [0.717, 1.165) is 42.3 Å². The fourth-order valence-electron chi connectivity index (χ4n) is 3.70. The van der Waals surface area contributed by atoms with E-state index < -0.39 is 6.10 Å². The standard InChI is InChI=1S/C20H21ClN2O/c21-16-5-3-6-17(14-16)22-10-12-23(13-11-22)19-9-8-15-4-1-2-7-18(15)20(19)24/h1-9,14,19-20,24H,10-13H2/t19-,20-/m1/s1. The molecule has 2 aromatic rings. The highest BCUT2D eigenvalue weighted by molar-refractivity contribution is 6.30. The first-order chi connectivity index (χ1) is 11.7. The number of nitrogens with zero attached hydrogens (tertiary/aromatic N) is 2. The molecule has 4 heteroatoms. The Morgan fingerprint density at radius 3 is 2.54 bits per heavy atom. The lowest BCUT2D eigenvalue weighted by Crippen LogP contribution is -2.51. The van der Waals surface area contributed by atoms with Gasteiger partial charge in [0.1, 0.15) is 0 Å². The molecule has 3 nitrogen and oxygen atoms in total. The van der Waals surface area contributed by atoms with Gasteiger partial charge in [-0.2, -0.15) is 0 Å². The van der Waals surface area contributed by atoms with Gasteiger partial charge >= 0.3 is 0 Å². The third-order valence-corrected chi connectivity index (χ3v) is 5.26. The Morgan fingerprint density at radius 2 is 1.75 bits per heavy atom. The quantitative estimate of drug-likeness (QED) is 0.905. The zero-order valence-electron chi connectivity index (χ0n) is 13.5. The van der Waals surface area contributed by atoms with Gasteiger partial charge < -0.3 is 10.0 Å². The van der Waals surface area contributed by atoms with Gasteiger partial charge in [0.2, 0.25) is 0 Å². The molecule has 1 fully saturated rings. The third kappa shape index (κ3) is 2.95. The fraction of sp³-hybridized carbons (Fsp3) is 0.300. The molecule has 24 heavy (non-hydrogen) atoms. The molecule has 0 unspecified atom stereocenters. The number of aliphatic hydroxyl groups excluding tert-OH is 1. The van der Waals surface area contributed by atoms with Crippen molar-refractivity contribution in [3.8, 4) is 0 Å². The smallest absolute Gasteiger partial charge is 0.0986 e. The maximum atomic E-state index is 10.8. The van der Waals surface area contributed by atoms with Gasteiger partial charge in [0, 0.05) is 36.9 Å². The molecule has 2 aromatic carbocycles. The predicted molar refractivity (Wildman–Crippen MR) is 99.5 cm³/mol. The molecular formula is C20H21ClN2O. The van der Waals surface area contributed by atoms with Gasteiger partial charge in [-0.1, -0.05) is 54.1 Å². The molecule has 4 rings (SSSR count). The number of fused-ring (bicyclic) bond motifs is 1. The zero-order chi connectivity index (χ0) is 16.5. The van der Waals surface area contributed by atoms with Crippen LogP contribution in [0.3, 0.4) is 0 Å². The van der Waals surface area contributed by atoms with Crippen molar-refractivity contribution in [2.75, 3.05) is 31.1 Å². The van der Waals surface area contributed by atoms with Crippen LogP contribution in [-0.4, -0.2) is 42.2 Å². The van der Waals surface area contributed by atoms with Crippen molar-refractivity contribution in [2.24, 2.45) is 0 Å². The van der Waals surface area contributed by atoms with Gasteiger partial charge in [-0.05, 0) is 29.3 Å². The summed E-state index contributed by atoms with van der Waals surface area (Å²) in [5.74, 6) is 0. The lowest BCUT2D eigenvalue weighted by molar-refractivity contribution is 0.0684. The number of anilines is 1. The third-order valence-electron chi connectivity index (χ3n) is 5.02. The second-order valence-electron chi connectivity index (χ2n) is 6.43. The Morgan fingerprint density at radius 1 is 0.958 bits per heavy atom. The summed E-state index contributed by atoms with van der Waals surface area (Å²) in [4.78, 5) is 4.73. The Labute approximate surface area is 147 Å². The highest BCUT2D eigenvalue weighted by Gasteiger charge is 2.31. The molecule has 2 aliphatic rings. The van der Waals surface area contributed by atoms with Gasteiger partial charge in [-0.15, -0.1) is 0 Å². The summed E-state index contributed by atoms with van der Waals surface area (Å²) in [5.41, 5.74) is 3.33. The van der Waals surface area contributed by atoms with Crippen molar-refractivity contribution in [3.05, 3.63) is 70.8 Å². The maximum absolute atomic E-state index is 10.8. The first-order valence-corrected chi connectivity index (χ1v) is 8.80. The lowest BCUT2D eigenvalue weighted by Gasteiger charge is -2.42. The van der Waals surface area contributed by atoms with Crippen LogP contribution in [-0.2, 0) is 0 Å². The van der Waals surface area contributed by atoms with Gasteiger partial charge in [0.25, 0.3) is 0 Å². The van der Waals surface area contributed by atoms with Crippen LogP contribution in [0.2, 0.25) is 5.02 Å². The molecule has 0 spiro atoms. The number of aliphatic hydroxyl groups is 1. The highest BCUT2D eigenvalue weighted by Crippen LogP contribution is 2.31. The second kappa shape index (κ2) is 6.60. The van der Waals surface area contributed by atoms with Crippen LogP contribution < -0.4 is 4.90 Å². The lowest BCUT2D eigenvalue weighted by atomic mass is 9.90. The van der Waals surface area contributed by atoms with E-state index in [4.69, 9.17) is 11.6 Å². The summed E-state index contributed by atoms with van der Waals surface area (Å²) in [7, 11) is 0. The molecule has 1 aliphatic heterocycles. The van der Waals surface area contributed by atoms with E-state index in [1.165, 1.54) is 5.69 Å². The van der Waals surface area contributed by atoms with Crippen molar-refractivity contribution in [1.29, 1.82) is 0 Å². The normalized spacial score (nSPS) is 24.0. The molecule has 0 saturated carbocycles. The van der Waals surface area contributed by atoms with Gasteiger partial charge in [-0.3, -0.25) is 4.90 Å². The van der Waals surface area contributed by atoms with Crippen LogP contribution in [0.15, 0.2) is 54.6 Å². The van der Waals surface area contributed by atoms with Gasteiger partial charge in [-0.25, -0.2) is 0 Å². The molecule has 1 heterocycles. The largest absolute Gasteiger partial charge is 0.386 e. The number of halogens is 1. The Balaban J connectivity index is 1.45. The number of hydrogen-bond donors (Lipinski definition) is 1. The summed E-state index contributed by atoms with van der Waals surface area (Å²) in [6.45, 7) is 3.75. The van der Waals surface area contributed by atoms with Crippen molar-refractivity contribution in [1.82, 2.24) is 4.90 Å². The van der Waals surface area contributed by atoms with Crippen LogP contribution in [0.1, 0.15) is 17.2 Å². The minimum atomic E-state index is -0.455. The fourth-order valence-corrected chi connectivity index (χ4v) is 3.88. The molecule has 0 aromatic heterocycles. The molecule has 1 N–H and O–H groups in total. The second-order valence-corrected chi connectivity index (χ2v) is 6.86. The molecule has 0 radical (unpaired) electrons. The summed E-state index contributed by atoms with van der Waals surface area (Å²) >= 11 is 6.10. The minimum Gasteiger partial charge on any atom is -0.386 e. The van der Waals surface area contributed by atoms with E-state index >= 15 is 0 Å². The average Bonchev–Trinajstić information content (AvgIpc) is 2.63. The SMILES string of the molecule is O[C@@H]1c2ccccc2C=C[C@H]1N1CCN(c2cccc(Cl)c2)CC1. The Hall–Kier alpha value is -1.81. The Kier molecular flexibility index (Phi) is 4.31. The Bertz CT molecular complexity index is 753. The van der Waals surface area contributed by atoms with E-state index in [1.54, 1.807) is 0 Å². The van der Waals surface area contributed by atoms with Crippen LogP contribution in [0, 0.1) is 0 Å². The molecular weight excluding hydrogens is 320 g/mol. The van der Waals surface area contributed by atoms with E-state index in [9.17, 15) is 5.11 Å². The molecule has 0 amide bonds. The summed E-state index contributed by atoms with van der Waals surface area (Å²) in [6, 6.07) is 16.2. The molecule has 2 atom stereocenters. The van der Waals surface area contributed by atoms with E-state index in [0.29, 0.717) is 0 Å². The monoisotopic (exact) mass is 340 g/mol. The maximum Gasteiger partial charge on any atom is 0.0986 e. The first kappa shape index (κ1) is 15.7. The predicted octanol–water partition coefficient (Wildman–Crippen LogP) is 3.59. The molecule has 1 aliphatic carbocycles. The average molecular weight is 341 g/mol. The van der Waals surface area contributed by atoms with Crippen molar-refractivity contribution in [2.45, 2.75) is 12.1 Å². The van der Waals surface area contributed by atoms with Crippen LogP contribution >= 0.6 is 11.6 Å². The van der Waals surface area contributed by atoms with Gasteiger partial charge in [0.05, 0.1) is 12.1 Å². The van der Waals surface area contributed by atoms with Gasteiger partial charge in [0.15, 0.2) is 0 Å².